The zero-order valence-electron chi connectivity index (χ0n) is 17.0. The maximum Gasteiger partial charge on any atom is 0.235 e. The van der Waals surface area contributed by atoms with E-state index in [9.17, 15) is 4.79 Å². The molecule has 2 aliphatic heterocycles. The molecule has 5 nitrogen and oxygen atoms in total. The molecule has 2 aromatic rings. The maximum atomic E-state index is 12.8. The fourth-order valence-corrected chi connectivity index (χ4v) is 4.84. The van der Waals surface area contributed by atoms with Crippen LogP contribution in [-0.2, 0) is 10.2 Å². The highest BCUT2D eigenvalue weighted by Gasteiger charge is 2.44. The molecule has 0 saturated carbocycles. The minimum atomic E-state index is -0.433. The molecule has 1 fully saturated rings. The van der Waals surface area contributed by atoms with Crippen LogP contribution in [0.2, 0.25) is 5.02 Å². The topological polar surface area (TPSA) is 48.5 Å². The first kappa shape index (κ1) is 20.2. The van der Waals surface area contributed by atoms with Gasteiger partial charge in [-0.15, -0.1) is 0 Å². The van der Waals surface area contributed by atoms with Crippen LogP contribution in [0.25, 0.3) is 0 Å². The first-order valence-electron chi connectivity index (χ1n) is 10.6. The van der Waals surface area contributed by atoms with Gasteiger partial charge in [-0.2, -0.15) is 0 Å². The van der Waals surface area contributed by atoms with Gasteiger partial charge in [-0.05, 0) is 61.7 Å². The highest BCUT2D eigenvalue weighted by molar-refractivity contribution is 6.31. The zero-order valence-corrected chi connectivity index (χ0v) is 17.8. The summed E-state index contributed by atoms with van der Waals surface area (Å²) in [5, 5.41) is 3.76. The summed E-state index contributed by atoms with van der Waals surface area (Å²) in [6, 6.07) is 11.8. The van der Waals surface area contributed by atoms with Crippen molar-refractivity contribution in [2.45, 2.75) is 38.0 Å². The number of piperazine rings is 1. The van der Waals surface area contributed by atoms with Crippen LogP contribution in [0.4, 0.5) is 11.5 Å². The predicted octanol–water partition coefficient (Wildman–Crippen LogP) is 4.33. The third-order valence-electron chi connectivity index (χ3n) is 6.46. The van der Waals surface area contributed by atoms with Crippen molar-refractivity contribution in [3.05, 3.63) is 53.2 Å². The van der Waals surface area contributed by atoms with Crippen molar-refractivity contribution in [2.75, 3.05) is 42.9 Å². The molecule has 0 aliphatic carbocycles. The van der Waals surface area contributed by atoms with E-state index >= 15 is 0 Å². The van der Waals surface area contributed by atoms with Crippen LogP contribution in [-0.4, -0.2) is 48.5 Å². The van der Waals surface area contributed by atoms with E-state index in [1.54, 1.807) is 0 Å². The quantitative estimate of drug-likeness (QED) is 0.688. The van der Waals surface area contributed by atoms with Gasteiger partial charge in [-0.25, -0.2) is 4.98 Å². The minimum Gasteiger partial charge on any atom is -0.354 e. The lowest BCUT2D eigenvalue weighted by Crippen LogP contribution is -2.47. The number of nitrogens with zero attached hydrogens (tertiary/aromatic N) is 3. The van der Waals surface area contributed by atoms with Crippen LogP contribution in [0.1, 0.15) is 38.2 Å². The molecule has 1 saturated heterocycles. The highest BCUT2D eigenvalue weighted by Crippen LogP contribution is 2.44. The largest absolute Gasteiger partial charge is 0.354 e. The van der Waals surface area contributed by atoms with Crippen molar-refractivity contribution in [1.82, 2.24) is 9.88 Å². The standard InChI is InChI=1S/C23H29ClN4O/c1-2-23(19-17-18(24)8-9-20(19)26-22(23)29)10-4-6-12-27-13-15-28(16-14-27)21-7-3-5-11-25-21/h3,5,7-9,11,17H,2,4,6,10,12-16H2,1H3,(H,26,29). The maximum absolute atomic E-state index is 12.8. The van der Waals surface area contributed by atoms with Crippen LogP contribution in [0, 0.1) is 0 Å². The number of carbonyl (C=O) groups excluding carboxylic acids is 1. The number of pyridine rings is 1. The summed E-state index contributed by atoms with van der Waals surface area (Å²) in [5.41, 5.74) is 1.56. The molecule has 0 radical (unpaired) electrons. The van der Waals surface area contributed by atoms with Crippen LogP contribution in [0.5, 0.6) is 0 Å². The van der Waals surface area contributed by atoms with E-state index in [-0.39, 0.29) is 5.91 Å². The van der Waals surface area contributed by atoms with E-state index in [4.69, 9.17) is 11.6 Å². The Bertz CT molecular complexity index is 851. The summed E-state index contributed by atoms with van der Waals surface area (Å²) < 4.78 is 0. The molecule has 2 aliphatic rings. The van der Waals surface area contributed by atoms with Gasteiger partial charge < -0.3 is 10.2 Å². The van der Waals surface area contributed by atoms with Crippen molar-refractivity contribution < 1.29 is 4.79 Å². The van der Waals surface area contributed by atoms with E-state index in [1.165, 1.54) is 0 Å². The number of aromatic nitrogens is 1. The molecule has 1 aromatic heterocycles. The highest BCUT2D eigenvalue weighted by atomic mass is 35.5. The number of halogens is 1. The fraction of sp³-hybridized carbons (Fsp3) is 0.478. The van der Waals surface area contributed by atoms with E-state index in [0.29, 0.717) is 5.02 Å². The molecule has 154 valence electrons. The van der Waals surface area contributed by atoms with E-state index < -0.39 is 5.41 Å². The number of benzene rings is 1. The second-order valence-electron chi connectivity index (χ2n) is 8.05. The Labute approximate surface area is 178 Å². The monoisotopic (exact) mass is 412 g/mol. The molecule has 3 heterocycles. The Morgan fingerprint density at radius 2 is 1.97 bits per heavy atom. The van der Waals surface area contributed by atoms with Crippen LogP contribution >= 0.6 is 11.6 Å². The molecule has 0 spiro atoms. The van der Waals surface area contributed by atoms with Gasteiger partial charge in [0.25, 0.3) is 0 Å². The summed E-state index contributed by atoms with van der Waals surface area (Å²) in [6.45, 7) is 7.35. The molecular weight excluding hydrogens is 384 g/mol. The number of carbonyl (C=O) groups is 1. The molecule has 29 heavy (non-hydrogen) atoms. The molecule has 1 amide bonds. The van der Waals surface area contributed by atoms with E-state index in [1.807, 2.05) is 36.5 Å². The summed E-state index contributed by atoms with van der Waals surface area (Å²) in [5.74, 6) is 1.20. The average molecular weight is 413 g/mol. The number of hydrogen-bond acceptors (Lipinski definition) is 4. The first-order valence-corrected chi connectivity index (χ1v) is 11.0. The second-order valence-corrected chi connectivity index (χ2v) is 8.49. The molecule has 0 bridgehead atoms. The number of amides is 1. The van der Waals surface area contributed by atoms with Crippen LogP contribution in [0.3, 0.4) is 0 Å². The van der Waals surface area contributed by atoms with Gasteiger partial charge in [-0.1, -0.05) is 31.0 Å². The average Bonchev–Trinajstić information content (AvgIpc) is 3.03. The van der Waals surface area contributed by atoms with Crippen LogP contribution < -0.4 is 10.2 Å². The summed E-state index contributed by atoms with van der Waals surface area (Å²) in [7, 11) is 0. The Kier molecular flexibility index (Phi) is 6.07. The van der Waals surface area contributed by atoms with Crippen molar-refractivity contribution >= 4 is 29.0 Å². The number of hydrogen-bond donors (Lipinski definition) is 1. The third kappa shape index (κ3) is 4.12. The SMILES string of the molecule is CCC1(CCCCN2CCN(c3ccccn3)CC2)C(=O)Nc2ccc(Cl)cc21. The minimum absolute atomic E-state index is 0.126. The fourth-order valence-electron chi connectivity index (χ4n) is 4.67. The molecular formula is C23H29ClN4O. The summed E-state index contributed by atoms with van der Waals surface area (Å²) in [6.07, 6.45) is 5.67. The van der Waals surface area contributed by atoms with Crippen molar-refractivity contribution in [2.24, 2.45) is 0 Å². The van der Waals surface area contributed by atoms with Gasteiger partial charge in [0.1, 0.15) is 5.82 Å². The first-order chi connectivity index (χ1) is 14.1. The Balaban J connectivity index is 1.28. The number of nitrogens with one attached hydrogen (secondary N) is 1. The number of fused-ring (bicyclic) bond motifs is 1. The van der Waals surface area contributed by atoms with Gasteiger partial charge in [0.15, 0.2) is 0 Å². The third-order valence-corrected chi connectivity index (χ3v) is 6.69. The Hall–Kier alpha value is -2.11. The summed E-state index contributed by atoms with van der Waals surface area (Å²) in [4.78, 5) is 22.1. The van der Waals surface area contributed by atoms with Crippen molar-refractivity contribution in [1.29, 1.82) is 0 Å². The molecule has 1 unspecified atom stereocenters. The smallest absolute Gasteiger partial charge is 0.235 e. The number of rotatable bonds is 7. The van der Waals surface area contributed by atoms with Gasteiger partial charge in [-0.3, -0.25) is 9.69 Å². The number of unbranched alkanes of at least 4 members (excludes halogenated alkanes) is 1. The summed E-state index contributed by atoms with van der Waals surface area (Å²) >= 11 is 6.22. The Morgan fingerprint density at radius 1 is 1.14 bits per heavy atom. The predicted molar refractivity (Wildman–Crippen MR) is 119 cm³/mol. The van der Waals surface area contributed by atoms with Gasteiger partial charge in [0, 0.05) is 43.1 Å². The molecule has 1 N–H and O–H groups in total. The number of anilines is 2. The normalized spacial score (nSPS) is 21.9. The van der Waals surface area contributed by atoms with Crippen molar-refractivity contribution in [3.63, 3.8) is 0 Å². The lowest BCUT2D eigenvalue weighted by atomic mass is 9.75. The Morgan fingerprint density at radius 3 is 2.69 bits per heavy atom. The van der Waals surface area contributed by atoms with E-state index in [2.05, 4.69) is 33.1 Å². The molecule has 1 atom stereocenters. The molecule has 6 heteroatoms. The van der Waals surface area contributed by atoms with Crippen molar-refractivity contribution in [3.8, 4) is 0 Å². The van der Waals surface area contributed by atoms with Gasteiger partial charge in [0.05, 0.1) is 5.41 Å². The molecule has 4 rings (SSSR count). The van der Waals surface area contributed by atoms with Crippen LogP contribution in [0.15, 0.2) is 42.6 Å². The molecule has 1 aromatic carbocycles. The lowest BCUT2D eigenvalue weighted by molar-refractivity contribution is -0.121. The van der Waals surface area contributed by atoms with E-state index in [0.717, 1.165) is 75.5 Å². The second kappa shape index (κ2) is 8.72. The van der Waals surface area contributed by atoms with Gasteiger partial charge in [0.2, 0.25) is 5.91 Å². The lowest BCUT2D eigenvalue weighted by Gasteiger charge is -2.35. The zero-order chi connectivity index (χ0) is 20.3. The van der Waals surface area contributed by atoms with Gasteiger partial charge >= 0.3 is 0 Å².